The number of hydrogen-bond donors (Lipinski definition) is 3. The molecular weight excluding hydrogens is 298 g/mol. The van der Waals surface area contributed by atoms with Gasteiger partial charge in [-0.05, 0) is 12.3 Å². The molecule has 118 valence electrons. The molecule has 2 rings (SSSR count). The van der Waals surface area contributed by atoms with E-state index in [0.717, 1.165) is 16.3 Å². The Morgan fingerprint density at radius 2 is 2.09 bits per heavy atom. The molecule has 5 nitrogen and oxygen atoms in total. The van der Waals surface area contributed by atoms with E-state index >= 15 is 0 Å². The van der Waals surface area contributed by atoms with Crippen molar-refractivity contribution in [1.82, 2.24) is 15.6 Å². The molecule has 22 heavy (non-hydrogen) atoms. The summed E-state index contributed by atoms with van der Waals surface area (Å²) in [5.41, 5.74) is 1.93. The van der Waals surface area contributed by atoms with Crippen LogP contribution in [0.25, 0.3) is 10.6 Å². The summed E-state index contributed by atoms with van der Waals surface area (Å²) in [5, 5.41) is 17.3. The molecule has 1 atom stereocenters. The molecule has 0 radical (unpaired) electrons. The number of aliphatic hydroxyl groups excluding tert-OH is 1. The van der Waals surface area contributed by atoms with Crippen molar-refractivity contribution < 1.29 is 9.90 Å². The number of hydrogen-bond acceptors (Lipinski definition) is 4. The third kappa shape index (κ3) is 5.13. The second-order valence-electron chi connectivity index (χ2n) is 5.19. The predicted molar refractivity (Wildman–Crippen MR) is 88.7 cm³/mol. The van der Waals surface area contributed by atoms with Gasteiger partial charge in [-0.15, -0.1) is 11.3 Å². The van der Waals surface area contributed by atoms with Gasteiger partial charge >= 0.3 is 6.03 Å². The summed E-state index contributed by atoms with van der Waals surface area (Å²) >= 11 is 1.57. The van der Waals surface area contributed by atoms with Gasteiger partial charge < -0.3 is 15.7 Å². The summed E-state index contributed by atoms with van der Waals surface area (Å²) in [5.74, 6) is 0.264. The quantitative estimate of drug-likeness (QED) is 0.734. The molecule has 1 aromatic heterocycles. The van der Waals surface area contributed by atoms with Gasteiger partial charge in [0.1, 0.15) is 5.01 Å². The Morgan fingerprint density at radius 3 is 2.82 bits per heavy atom. The van der Waals surface area contributed by atoms with Crippen LogP contribution < -0.4 is 10.6 Å². The first-order valence-electron chi connectivity index (χ1n) is 7.31. The number of nitrogens with one attached hydrogen (secondary N) is 2. The summed E-state index contributed by atoms with van der Waals surface area (Å²) in [4.78, 5) is 16.2. The van der Waals surface area contributed by atoms with E-state index in [2.05, 4.69) is 15.6 Å². The molecule has 0 bridgehead atoms. The van der Waals surface area contributed by atoms with Gasteiger partial charge in [-0.25, -0.2) is 9.78 Å². The van der Waals surface area contributed by atoms with Crippen LogP contribution in [0.4, 0.5) is 4.79 Å². The van der Waals surface area contributed by atoms with Crippen molar-refractivity contribution in [2.75, 3.05) is 13.2 Å². The van der Waals surface area contributed by atoms with E-state index < -0.39 is 0 Å². The lowest BCUT2D eigenvalue weighted by atomic mass is 10.1. The molecular formula is C16H21N3O2S. The van der Waals surface area contributed by atoms with Crippen molar-refractivity contribution in [3.05, 3.63) is 41.4 Å². The number of thiazole rings is 1. The number of aliphatic hydroxyl groups is 1. The van der Waals surface area contributed by atoms with Gasteiger partial charge in [0.05, 0.1) is 12.2 Å². The van der Waals surface area contributed by atoms with Crippen LogP contribution in [0.15, 0.2) is 35.7 Å². The van der Waals surface area contributed by atoms with Crippen LogP contribution in [0.5, 0.6) is 0 Å². The molecule has 0 spiro atoms. The fourth-order valence-corrected chi connectivity index (χ4v) is 2.75. The maximum absolute atomic E-state index is 11.7. The lowest BCUT2D eigenvalue weighted by Crippen LogP contribution is -2.37. The molecule has 6 heteroatoms. The third-order valence-electron chi connectivity index (χ3n) is 3.24. The van der Waals surface area contributed by atoms with Gasteiger partial charge in [0, 0.05) is 24.1 Å². The molecule has 2 aromatic rings. The average Bonchev–Trinajstić information content (AvgIpc) is 3.01. The molecule has 0 saturated heterocycles. The summed E-state index contributed by atoms with van der Waals surface area (Å²) in [6.45, 7) is 3.09. The zero-order valence-electron chi connectivity index (χ0n) is 12.6. The molecule has 1 aromatic carbocycles. The maximum atomic E-state index is 11.7. The molecule has 1 heterocycles. The molecule has 0 aliphatic carbocycles. The lowest BCUT2D eigenvalue weighted by Gasteiger charge is -2.11. The van der Waals surface area contributed by atoms with Crippen molar-refractivity contribution in [1.29, 1.82) is 0 Å². The van der Waals surface area contributed by atoms with Gasteiger partial charge in [0.15, 0.2) is 0 Å². The first-order chi connectivity index (χ1) is 10.7. The second-order valence-corrected chi connectivity index (χ2v) is 6.05. The topological polar surface area (TPSA) is 74.2 Å². The van der Waals surface area contributed by atoms with E-state index in [1.807, 2.05) is 42.6 Å². The zero-order valence-corrected chi connectivity index (χ0v) is 13.4. The fraction of sp³-hybridized carbons (Fsp3) is 0.375. The Bertz CT molecular complexity index is 586. The number of carbonyl (C=O) groups excluding carboxylic acids is 1. The van der Waals surface area contributed by atoms with Crippen LogP contribution in [-0.2, 0) is 6.54 Å². The molecule has 1 unspecified atom stereocenters. The highest BCUT2D eigenvalue weighted by Crippen LogP contribution is 2.23. The average molecular weight is 319 g/mol. The number of rotatable bonds is 7. The summed E-state index contributed by atoms with van der Waals surface area (Å²) in [6.07, 6.45) is 0.687. The minimum Gasteiger partial charge on any atom is -0.396 e. The Labute approximate surface area is 134 Å². The molecule has 2 amide bonds. The monoisotopic (exact) mass is 319 g/mol. The van der Waals surface area contributed by atoms with Gasteiger partial charge in [0.25, 0.3) is 0 Å². The first kappa shape index (κ1) is 16.5. The third-order valence-corrected chi connectivity index (χ3v) is 4.18. The Balaban J connectivity index is 1.78. The van der Waals surface area contributed by atoms with Crippen LogP contribution >= 0.6 is 11.3 Å². The maximum Gasteiger partial charge on any atom is 0.315 e. The van der Waals surface area contributed by atoms with Gasteiger partial charge in [-0.2, -0.15) is 0 Å². The predicted octanol–water partition coefficient (Wildman–Crippen LogP) is 2.63. The van der Waals surface area contributed by atoms with Gasteiger partial charge in [-0.1, -0.05) is 37.3 Å². The number of nitrogens with zero attached hydrogens (tertiary/aromatic N) is 1. The SMILES string of the molecule is CC(CCO)CNC(=O)NCc1csc(-c2ccccc2)n1. The molecule has 0 aliphatic heterocycles. The minimum atomic E-state index is -0.209. The normalized spacial score (nSPS) is 11.9. The van der Waals surface area contributed by atoms with Gasteiger partial charge in [0.2, 0.25) is 0 Å². The fourth-order valence-electron chi connectivity index (χ4n) is 1.92. The summed E-state index contributed by atoms with van der Waals surface area (Å²) in [6, 6.07) is 9.77. The summed E-state index contributed by atoms with van der Waals surface area (Å²) < 4.78 is 0. The Morgan fingerprint density at radius 1 is 1.32 bits per heavy atom. The highest BCUT2D eigenvalue weighted by Gasteiger charge is 2.07. The van der Waals surface area contributed by atoms with Crippen molar-refractivity contribution in [3.8, 4) is 10.6 Å². The Hall–Kier alpha value is -1.92. The number of aromatic nitrogens is 1. The first-order valence-corrected chi connectivity index (χ1v) is 8.19. The smallest absolute Gasteiger partial charge is 0.315 e. The Kier molecular flexibility index (Phi) is 6.36. The van der Waals surface area contributed by atoms with Crippen molar-refractivity contribution >= 4 is 17.4 Å². The second kappa shape index (κ2) is 8.51. The largest absolute Gasteiger partial charge is 0.396 e. The summed E-state index contributed by atoms with van der Waals surface area (Å²) in [7, 11) is 0. The highest BCUT2D eigenvalue weighted by molar-refractivity contribution is 7.13. The van der Waals surface area contributed by atoms with Crippen molar-refractivity contribution in [3.63, 3.8) is 0 Å². The highest BCUT2D eigenvalue weighted by atomic mass is 32.1. The number of carbonyl (C=O) groups is 1. The number of urea groups is 1. The van der Waals surface area contributed by atoms with E-state index in [4.69, 9.17) is 5.11 Å². The molecule has 0 saturated carbocycles. The number of amides is 2. The van der Waals surface area contributed by atoms with E-state index in [1.54, 1.807) is 11.3 Å². The van der Waals surface area contributed by atoms with E-state index in [-0.39, 0.29) is 18.6 Å². The van der Waals surface area contributed by atoms with Crippen molar-refractivity contribution in [2.24, 2.45) is 5.92 Å². The van der Waals surface area contributed by atoms with Crippen LogP contribution in [-0.4, -0.2) is 29.3 Å². The molecule has 3 N–H and O–H groups in total. The molecule has 0 fully saturated rings. The zero-order chi connectivity index (χ0) is 15.8. The van der Waals surface area contributed by atoms with Crippen LogP contribution in [0.2, 0.25) is 0 Å². The standard InChI is InChI=1S/C16H21N3O2S/c1-12(7-8-20)9-17-16(21)18-10-14-11-22-15(19-14)13-5-3-2-4-6-13/h2-6,11-12,20H,7-10H2,1H3,(H2,17,18,21). The van der Waals surface area contributed by atoms with Crippen molar-refractivity contribution in [2.45, 2.75) is 19.9 Å². The minimum absolute atomic E-state index is 0.144. The lowest BCUT2D eigenvalue weighted by molar-refractivity contribution is 0.233. The van der Waals surface area contributed by atoms with E-state index in [1.165, 1.54) is 0 Å². The number of benzene rings is 1. The van der Waals surface area contributed by atoms with Crippen LogP contribution in [0.1, 0.15) is 19.0 Å². The van der Waals surface area contributed by atoms with Crippen LogP contribution in [0.3, 0.4) is 0 Å². The van der Waals surface area contributed by atoms with E-state index in [0.29, 0.717) is 19.5 Å². The molecule has 0 aliphatic rings. The van der Waals surface area contributed by atoms with Gasteiger partial charge in [-0.3, -0.25) is 0 Å². The van der Waals surface area contributed by atoms with E-state index in [9.17, 15) is 4.79 Å². The van der Waals surface area contributed by atoms with Crippen LogP contribution in [0, 0.1) is 5.92 Å².